The molecule has 0 aliphatic carbocycles. The molecule has 0 spiro atoms. The second kappa shape index (κ2) is 5.40. The second-order valence-electron chi connectivity index (χ2n) is 4.02. The highest BCUT2D eigenvalue weighted by Crippen LogP contribution is 2.30. The Morgan fingerprint density at radius 3 is 2.58 bits per heavy atom. The average Bonchev–Trinajstić information content (AvgIpc) is 2.32. The molecule has 0 fully saturated rings. The Morgan fingerprint density at radius 1 is 1.26 bits per heavy atom. The molecule has 2 aromatic carbocycles. The maximum Gasteiger partial charge on any atom is 0.248 e. The van der Waals surface area contributed by atoms with E-state index >= 15 is 0 Å². The van der Waals surface area contributed by atoms with Crippen LogP contribution in [0, 0.1) is 12.7 Å². The molecule has 0 aromatic heterocycles. The molecule has 0 saturated carbocycles. The third-order valence-corrected chi connectivity index (χ3v) is 3.20. The van der Waals surface area contributed by atoms with E-state index in [0.29, 0.717) is 21.5 Å². The molecule has 1 amide bonds. The summed E-state index contributed by atoms with van der Waals surface area (Å²) in [6.07, 6.45) is 0. The molecule has 2 rings (SSSR count). The first-order valence-corrected chi connectivity index (χ1v) is 6.30. The van der Waals surface area contributed by atoms with Crippen LogP contribution in [0.3, 0.4) is 0 Å². The molecule has 0 saturated heterocycles. The van der Waals surface area contributed by atoms with Crippen LogP contribution in [0.2, 0.25) is 0 Å². The van der Waals surface area contributed by atoms with Crippen LogP contribution in [0.25, 0.3) is 0 Å². The number of primary amides is 1. The van der Waals surface area contributed by atoms with E-state index in [-0.39, 0.29) is 5.82 Å². The van der Waals surface area contributed by atoms with Gasteiger partial charge in [0.15, 0.2) is 0 Å². The average molecular weight is 324 g/mol. The van der Waals surface area contributed by atoms with Crippen LogP contribution in [0.15, 0.2) is 40.9 Å². The maximum absolute atomic E-state index is 13.0. The smallest absolute Gasteiger partial charge is 0.248 e. The predicted octanol–water partition coefficient (Wildman–Crippen LogP) is 3.79. The van der Waals surface area contributed by atoms with Crippen molar-refractivity contribution in [1.29, 1.82) is 0 Å². The van der Waals surface area contributed by atoms with Crippen molar-refractivity contribution < 1.29 is 13.9 Å². The van der Waals surface area contributed by atoms with Gasteiger partial charge in [-0.2, -0.15) is 0 Å². The van der Waals surface area contributed by atoms with Crippen molar-refractivity contribution in [2.75, 3.05) is 0 Å². The largest absolute Gasteiger partial charge is 0.456 e. The summed E-state index contributed by atoms with van der Waals surface area (Å²) in [6, 6.07) is 9.10. The molecule has 5 heteroatoms. The van der Waals surface area contributed by atoms with Crippen LogP contribution in [0.4, 0.5) is 4.39 Å². The molecule has 0 atom stereocenters. The topological polar surface area (TPSA) is 52.3 Å². The van der Waals surface area contributed by atoms with Crippen molar-refractivity contribution in [3.05, 3.63) is 57.8 Å². The van der Waals surface area contributed by atoms with E-state index in [1.807, 2.05) is 0 Å². The summed E-state index contributed by atoms with van der Waals surface area (Å²) in [7, 11) is 0. The van der Waals surface area contributed by atoms with Crippen LogP contribution >= 0.6 is 15.9 Å². The maximum atomic E-state index is 13.0. The SMILES string of the molecule is Cc1cc(Oc2ccc(F)cc2Br)ccc1C(N)=O. The van der Waals surface area contributed by atoms with Crippen molar-refractivity contribution in [3.63, 3.8) is 0 Å². The van der Waals surface area contributed by atoms with Crippen molar-refractivity contribution in [2.45, 2.75) is 6.92 Å². The standard InChI is InChI=1S/C14H11BrFNO2/c1-8-6-10(3-4-11(8)14(17)18)19-13-5-2-9(16)7-12(13)15/h2-7H,1H3,(H2,17,18). The molecular weight excluding hydrogens is 313 g/mol. The quantitative estimate of drug-likeness (QED) is 0.934. The molecule has 3 nitrogen and oxygen atoms in total. The normalized spacial score (nSPS) is 10.3. The molecule has 2 N–H and O–H groups in total. The number of halogens is 2. The number of hydrogen-bond donors (Lipinski definition) is 1. The first kappa shape index (κ1) is 13.5. The van der Waals surface area contributed by atoms with E-state index in [0.717, 1.165) is 5.56 Å². The number of hydrogen-bond acceptors (Lipinski definition) is 2. The van der Waals surface area contributed by atoms with Gasteiger partial charge in [0, 0.05) is 5.56 Å². The number of aryl methyl sites for hydroxylation is 1. The number of nitrogens with two attached hydrogens (primary N) is 1. The van der Waals surface area contributed by atoms with E-state index < -0.39 is 5.91 Å². The van der Waals surface area contributed by atoms with E-state index in [1.165, 1.54) is 18.2 Å². The third kappa shape index (κ3) is 3.12. The summed E-state index contributed by atoms with van der Waals surface area (Å²) in [5.74, 6) is 0.217. The van der Waals surface area contributed by atoms with Crippen LogP contribution in [-0.4, -0.2) is 5.91 Å². The zero-order valence-corrected chi connectivity index (χ0v) is 11.7. The number of benzene rings is 2. The van der Waals surface area contributed by atoms with Gasteiger partial charge < -0.3 is 10.5 Å². The van der Waals surface area contributed by atoms with Gasteiger partial charge in [0.1, 0.15) is 17.3 Å². The first-order valence-electron chi connectivity index (χ1n) is 5.51. The lowest BCUT2D eigenvalue weighted by atomic mass is 10.1. The summed E-state index contributed by atoms with van der Waals surface area (Å²) in [5.41, 5.74) is 6.40. The van der Waals surface area contributed by atoms with Gasteiger partial charge in [0.05, 0.1) is 4.47 Å². The van der Waals surface area contributed by atoms with Crippen molar-refractivity contribution in [3.8, 4) is 11.5 Å². The van der Waals surface area contributed by atoms with Crippen molar-refractivity contribution in [1.82, 2.24) is 0 Å². The summed E-state index contributed by atoms with van der Waals surface area (Å²) in [6.45, 7) is 1.77. The fourth-order valence-electron chi connectivity index (χ4n) is 1.66. The minimum atomic E-state index is -0.480. The molecule has 19 heavy (non-hydrogen) atoms. The number of carbonyl (C=O) groups is 1. The summed E-state index contributed by atoms with van der Waals surface area (Å²) >= 11 is 3.22. The van der Waals surface area contributed by atoms with Gasteiger partial charge in [-0.05, 0) is 64.8 Å². The Balaban J connectivity index is 2.29. The highest BCUT2D eigenvalue weighted by molar-refractivity contribution is 9.10. The van der Waals surface area contributed by atoms with Gasteiger partial charge >= 0.3 is 0 Å². The monoisotopic (exact) mass is 323 g/mol. The summed E-state index contributed by atoms with van der Waals surface area (Å²) in [5, 5.41) is 0. The Hall–Kier alpha value is -1.88. The molecule has 0 radical (unpaired) electrons. The Bertz CT molecular complexity index is 643. The number of amides is 1. The van der Waals surface area contributed by atoms with E-state index in [2.05, 4.69) is 15.9 Å². The molecule has 0 heterocycles. The molecule has 0 aliphatic rings. The van der Waals surface area contributed by atoms with Gasteiger partial charge in [-0.1, -0.05) is 0 Å². The van der Waals surface area contributed by atoms with Crippen LogP contribution < -0.4 is 10.5 Å². The molecule has 0 aliphatic heterocycles. The van der Waals surface area contributed by atoms with E-state index in [4.69, 9.17) is 10.5 Å². The fraction of sp³-hybridized carbons (Fsp3) is 0.0714. The second-order valence-corrected chi connectivity index (χ2v) is 4.87. The number of rotatable bonds is 3. The van der Waals surface area contributed by atoms with Crippen molar-refractivity contribution >= 4 is 21.8 Å². The van der Waals surface area contributed by atoms with E-state index in [1.54, 1.807) is 25.1 Å². The molecular formula is C14H11BrFNO2. The van der Waals surface area contributed by atoms with Crippen molar-refractivity contribution in [2.24, 2.45) is 5.73 Å². The predicted molar refractivity (Wildman–Crippen MR) is 73.9 cm³/mol. The van der Waals surface area contributed by atoms with Crippen LogP contribution in [-0.2, 0) is 0 Å². The number of carbonyl (C=O) groups excluding carboxylic acids is 1. The van der Waals surface area contributed by atoms with Gasteiger partial charge in [-0.3, -0.25) is 4.79 Å². The number of ether oxygens (including phenoxy) is 1. The van der Waals surface area contributed by atoms with Gasteiger partial charge in [-0.25, -0.2) is 4.39 Å². The first-order chi connectivity index (χ1) is 8.97. The highest BCUT2D eigenvalue weighted by Gasteiger charge is 2.08. The zero-order chi connectivity index (χ0) is 14.0. The fourth-order valence-corrected chi connectivity index (χ4v) is 2.09. The summed E-state index contributed by atoms with van der Waals surface area (Å²) in [4.78, 5) is 11.1. The molecule has 98 valence electrons. The van der Waals surface area contributed by atoms with E-state index in [9.17, 15) is 9.18 Å². The summed E-state index contributed by atoms with van der Waals surface area (Å²) < 4.78 is 19.1. The van der Waals surface area contributed by atoms with Gasteiger partial charge in [0.25, 0.3) is 0 Å². The lowest BCUT2D eigenvalue weighted by Crippen LogP contribution is -2.12. The third-order valence-electron chi connectivity index (χ3n) is 2.59. The Labute approximate surface area is 118 Å². The minimum Gasteiger partial charge on any atom is -0.456 e. The Morgan fingerprint density at radius 2 is 2.00 bits per heavy atom. The lowest BCUT2D eigenvalue weighted by molar-refractivity contribution is 0.0999. The van der Waals surface area contributed by atoms with Crippen LogP contribution in [0.1, 0.15) is 15.9 Å². The minimum absolute atomic E-state index is 0.348. The molecule has 2 aromatic rings. The Kier molecular flexibility index (Phi) is 3.85. The zero-order valence-electron chi connectivity index (χ0n) is 10.1. The molecule has 0 bridgehead atoms. The molecule has 0 unspecified atom stereocenters. The lowest BCUT2D eigenvalue weighted by Gasteiger charge is -2.09. The highest BCUT2D eigenvalue weighted by atomic mass is 79.9. The van der Waals surface area contributed by atoms with Gasteiger partial charge in [-0.15, -0.1) is 0 Å². The van der Waals surface area contributed by atoms with Gasteiger partial charge in [0.2, 0.25) is 5.91 Å². The van der Waals surface area contributed by atoms with Crippen LogP contribution in [0.5, 0.6) is 11.5 Å².